The lowest BCUT2D eigenvalue weighted by molar-refractivity contribution is -0.126. The Morgan fingerprint density at radius 2 is 1.87 bits per heavy atom. The van der Waals surface area contributed by atoms with Crippen LogP contribution in [0.4, 0.5) is 4.39 Å². The first-order valence-electron chi connectivity index (χ1n) is 10.4. The van der Waals surface area contributed by atoms with E-state index in [4.69, 9.17) is 4.98 Å². The first-order valence-corrected chi connectivity index (χ1v) is 11.2. The number of hydrogen-bond donors (Lipinski definition) is 1. The van der Waals surface area contributed by atoms with E-state index < -0.39 is 0 Å². The fourth-order valence-corrected chi connectivity index (χ4v) is 4.79. The SMILES string of the molecule is C[C@@H](C(=O)NCCc1ccc(F)cc1)N1CCN(Cc2nc3ccccc3s2)CC1. The zero-order valence-corrected chi connectivity index (χ0v) is 18.0. The Kier molecular flexibility index (Phi) is 6.72. The molecule has 0 aliphatic carbocycles. The van der Waals surface area contributed by atoms with Crippen molar-refractivity contribution in [3.63, 3.8) is 0 Å². The summed E-state index contributed by atoms with van der Waals surface area (Å²) in [6.07, 6.45) is 0.703. The Bertz CT molecular complexity index is 949. The minimum atomic E-state index is -0.237. The zero-order chi connectivity index (χ0) is 20.9. The topological polar surface area (TPSA) is 48.5 Å². The van der Waals surface area contributed by atoms with Crippen molar-refractivity contribution in [3.8, 4) is 0 Å². The van der Waals surface area contributed by atoms with E-state index in [-0.39, 0.29) is 17.8 Å². The van der Waals surface area contributed by atoms with Crippen molar-refractivity contribution in [2.75, 3.05) is 32.7 Å². The van der Waals surface area contributed by atoms with E-state index in [1.807, 2.05) is 13.0 Å². The molecule has 5 nitrogen and oxygen atoms in total. The van der Waals surface area contributed by atoms with Crippen LogP contribution in [0.5, 0.6) is 0 Å². The van der Waals surface area contributed by atoms with Crippen molar-refractivity contribution in [1.29, 1.82) is 0 Å². The second-order valence-electron chi connectivity index (χ2n) is 7.73. The highest BCUT2D eigenvalue weighted by Crippen LogP contribution is 2.23. The second kappa shape index (κ2) is 9.64. The Labute approximate surface area is 180 Å². The maximum absolute atomic E-state index is 13.0. The summed E-state index contributed by atoms with van der Waals surface area (Å²) < 4.78 is 14.2. The number of amides is 1. The molecule has 30 heavy (non-hydrogen) atoms. The zero-order valence-electron chi connectivity index (χ0n) is 17.2. The van der Waals surface area contributed by atoms with Crippen LogP contribution in [0.15, 0.2) is 48.5 Å². The monoisotopic (exact) mass is 426 g/mol. The molecule has 0 spiro atoms. The minimum Gasteiger partial charge on any atom is -0.354 e. The van der Waals surface area contributed by atoms with Crippen molar-refractivity contribution in [1.82, 2.24) is 20.1 Å². The highest BCUT2D eigenvalue weighted by molar-refractivity contribution is 7.18. The normalized spacial score (nSPS) is 16.6. The van der Waals surface area contributed by atoms with Crippen molar-refractivity contribution < 1.29 is 9.18 Å². The molecule has 3 aromatic rings. The molecule has 1 amide bonds. The molecule has 7 heteroatoms. The second-order valence-corrected chi connectivity index (χ2v) is 8.85. The van der Waals surface area contributed by atoms with Crippen LogP contribution in [0.25, 0.3) is 10.2 Å². The average molecular weight is 427 g/mol. The molecule has 0 bridgehead atoms. The van der Waals surface area contributed by atoms with Gasteiger partial charge in [-0.25, -0.2) is 9.37 Å². The number of carbonyl (C=O) groups is 1. The number of halogens is 1. The van der Waals surface area contributed by atoms with Crippen molar-refractivity contribution in [3.05, 3.63) is 64.9 Å². The van der Waals surface area contributed by atoms with E-state index in [1.165, 1.54) is 16.8 Å². The first-order chi connectivity index (χ1) is 14.6. The van der Waals surface area contributed by atoms with Gasteiger partial charge in [0.05, 0.1) is 22.8 Å². The van der Waals surface area contributed by atoms with E-state index in [2.05, 4.69) is 33.3 Å². The van der Waals surface area contributed by atoms with Gasteiger partial charge in [0.25, 0.3) is 0 Å². The fraction of sp³-hybridized carbons (Fsp3) is 0.391. The molecule has 0 radical (unpaired) electrons. The summed E-state index contributed by atoms with van der Waals surface area (Å²) in [4.78, 5) is 21.9. The number of piperazine rings is 1. The summed E-state index contributed by atoms with van der Waals surface area (Å²) in [7, 11) is 0. The molecule has 1 N–H and O–H groups in total. The van der Waals surface area contributed by atoms with Gasteiger partial charge in [-0.05, 0) is 43.2 Å². The number of hydrogen-bond acceptors (Lipinski definition) is 5. The molecule has 1 aliphatic rings. The predicted molar refractivity (Wildman–Crippen MR) is 119 cm³/mol. The summed E-state index contributed by atoms with van der Waals surface area (Å²) in [5.41, 5.74) is 2.09. The number of nitrogens with zero attached hydrogens (tertiary/aromatic N) is 3. The molecule has 1 saturated heterocycles. The molecule has 1 fully saturated rings. The number of fused-ring (bicyclic) bond motifs is 1. The van der Waals surface area contributed by atoms with Crippen LogP contribution in [0.1, 0.15) is 17.5 Å². The number of carbonyl (C=O) groups excluding carboxylic acids is 1. The minimum absolute atomic E-state index is 0.0525. The first kappa shape index (κ1) is 20.9. The van der Waals surface area contributed by atoms with E-state index in [1.54, 1.807) is 23.5 Å². The quantitative estimate of drug-likeness (QED) is 0.630. The lowest BCUT2D eigenvalue weighted by atomic mass is 10.1. The maximum atomic E-state index is 13.0. The third-order valence-electron chi connectivity index (χ3n) is 5.66. The number of rotatable bonds is 7. The Morgan fingerprint density at radius 1 is 1.13 bits per heavy atom. The third-order valence-corrected chi connectivity index (χ3v) is 6.68. The van der Waals surface area contributed by atoms with Gasteiger partial charge >= 0.3 is 0 Å². The van der Waals surface area contributed by atoms with Gasteiger partial charge < -0.3 is 5.32 Å². The van der Waals surface area contributed by atoms with Gasteiger partial charge in [0, 0.05) is 32.7 Å². The summed E-state index contributed by atoms with van der Waals surface area (Å²) in [6.45, 7) is 7.01. The number of para-hydroxylation sites is 1. The molecule has 0 unspecified atom stereocenters. The van der Waals surface area contributed by atoms with Gasteiger partial charge in [-0.15, -0.1) is 11.3 Å². The van der Waals surface area contributed by atoms with Crippen LogP contribution in [0.3, 0.4) is 0 Å². The lowest BCUT2D eigenvalue weighted by Gasteiger charge is -2.37. The van der Waals surface area contributed by atoms with E-state index in [0.717, 1.165) is 48.8 Å². The molecular weight excluding hydrogens is 399 g/mol. The smallest absolute Gasteiger partial charge is 0.237 e. The van der Waals surface area contributed by atoms with E-state index in [9.17, 15) is 9.18 Å². The van der Waals surface area contributed by atoms with E-state index in [0.29, 0.717) is 13.0 Å². The van der Waals surface area contributed by atoms with Gasteiger partial charge in [-0.2, -0.15) is 0 Å². The van der Waals surface area contributed by atoms with Gasteiger partial charge in [0.2, 0.25) is 5.91 Å². The van der Waals surface area contributed by atoms with Crippen LogP contribution < -0.4 is 5.32 Å². The van der Waals surface area contributed by atoms with Crippen LogP contribution in [0, 0.1) is 5.82 Å². The lowest BCUT2D eigenvalue weighted by Crippen LogP contribution is -2.53. The van der Waals surface area contributed by atoms with Gasteiger partial charge in [-0.1, -0.05) is 24.3 Å². The van der Waals surface area contributed by atoms with Gasteiger partial charge in [-0.3, -0.25) is 14.6 Å². The van der Waals surface area contributed by atoms with Crippen molar-refractivity contribution in [2.24, 2.45) is 0 Å². The summed E-state index contributed by atoms with van der Waals surface area (Å²) in [6, 6.07) is 14.5. The summed E-state index contributed by atoms with van der Waals surface area (Å²) in [5, 5.41) is 4.16. The third kappa shape index (κ3) is 5.22. The molecule has 0 saturated carbocycles. The Morgan fingerprint density at radius 3 is 2.60 bits per heavy atom. The van der Waals surface area contributed by atoms with Gasteiger partial charge in [0.1, 0.15) is 10.8 Å². The standard InChI is InChI=1S/C23H27FN4OS/c1-17(23(29)25-11-10-18-6-8-19(24)9-7-18)28-14-12-27(13-15-28)16-22-26-20-4-2-3-5-21(20)30-22/h2-9,17H,10-16H2,1H3,(H,25,29)/t17-/m0/s1. The molecular formula is C23H27FN4OS. The fourth-order valence-electron chi connectivity index (χ4n) is 3.78. The van der Waals surface area contributed by atoms with Crippen molar-refractivity contribution in [2.45, 2.75) is 25.9 Å². The van der Waals surface area contributed by atoms with E-state index >= 15 is 0 Å². The number of benzene rings is 2. The predicted octanol–water partition coefficient (Wildman–Crippen LogP) is 3.30. The average Bonchev–Trinajstić information content (AvgIpc) is 3.17. The number of thiazole rings is 1. The molecule has 1 atom stereocenters. The highest BCUT2D eigenvalue weighted by Gasteiger charge is 2.25. The number of nitrogens with one attached hydrogen (secondary N) is 1. The Hall–Kier alpha value is -2.35. The molecule has 1 aliphatic heterocycles. The van der Waals surface area contributed by atoms with Crippen LogP contribution in [0.2, 0.25) is 0 Å². The maximum Gasteiger partial charge on any atom is 0.237 e. The molecule has 2 aromatic carbocycles. The highest BCUT2D eigenvalue weighted by atomic mass is 32.1. The van der Waals surface area contributed by atoms with Crippen molar-refractivity contribution >= 4 is 27.5 Å². The summed E-state index contributed by atoms with van der Waals surface area (Å²) >= 11 is 1.76. The summed E-state index contributed by atoms with van der Waals surface area (Å²) in [5.74, 6) is -0.185. The van der Waals surface area contributed by atoms with Gasteiger partial charge in [0.15, 0.2) is 0 Å². The van der Waals surface area contributed by atoms with Crippen LogP contribution >= 0.6 is 11.3 Å². The Balaban J connectivity index is 1.20. The molecule has 2 heterocycles. The molecule has 4 rings (SSSR count). The van der Waals surface area contributed by atoms with Crippen LogP contribution in [-0.2, 0) is 17.8 Å². The molecule has 1 aromatic heterocycles. The molecule has 158 valence electrons. The largest absolute Gasteiger partial charge is 0.354 e. The van der Waals surface area contributed by atoms with Crippen LogP contribution in [-0.4, -0.2) is 59.5 Å². The number of aromatic nitrogens is 1.